The normalized spacial score (nSPS) is 25.4. The maximum atomic E-state index is 15.2. The van der Waals surface area contributed by atoms with Gasteiger partial charge in [0, 0.05) is 6.42 Å². The summed E-state index contributed by atoms with van der Waals surface area (Å²) in [7, 11) is 0. The summed E-state index contributed by atoms with van der Waals surface area (Å²) in [6.07, 6.45) is -13.8. The van der Waals surface area contributed by atoms with Crippen LogP contribution in [0, 0.1) is 0 Å². The SMILES string of the molecule is C=CCO[C@H]1O[C@H](COC2(C(=O)OCc3ccccc3)C[C@H]3OC(C)(C)O[C@H]3[C@@H]([C@@H](COCc3ccccc3)OCc3ccccc3)O2)[C@@H](OCc2ccccc2)[C@H](OCc2ccccc2)[C@H]1NC(=O)OCC(F)(F)F. The Balaban J connectivity index is 1.17. The zero-order valence-corrected chi connectivity index (χ0v) is 42.3. The van der Waals surface area contributed by atoms with E-state index in [1.165, 1.54) is 6.08 Å². The molecule has 3 heterocycles. The third kappa shape index (κ3) is 16.0. The van der Waals surface area contributed by atoms with Gasteiger partial charge in [0.15, 0.2) is 18.7 Å². The third-order valence-electron chi connectivity index (χ3n) is 12.7. The van der Waals surface area contributed by atoms with Crippen LogP contribution in [0.15, 0.2) is 164 Å². The first kappa shape index (κ1) is 56.2. The fraction of sp³-hybridized carbons (Fsp3) is 0.414. The molecule has 0 spiro atoms. The summed E-state index contributed by atoms with van der Waals surface area (Å²) in [5.41, 5.74) is 3.94. The predicted molar refractivity (Wildman–Crippen MR) is 269 cm³/mol. The molecule has 0 aromatic heterocycles. The van der Waals surface area contributed by atoms with Gasteiger partial charge in [0.2, 0.25) is 0 Å². The van der Waals surface area contributed by atoms with Gasteiger partial charge in [-0.25, -0.2) is 9.59 Å². The van der Waals surface area contributed by atoms with Gasteiger partial charge in [-0.1, -0.05) is 158 Å². The van der Waals surface area contributed by atoms with Crippen LogP contribution in [0.1, 0.15) is 48.1 Å². The first-order valence-electron chi connectivity index (χ1n) is 25.1. The Bertz CT molecular complexity index is 2550. The van der Waals surface area contributed by atoms with Gasteiger partial charge in [0.1, 0.15) is 49.3 Å². The Morgan fingerprint density at radius 3 is 1.76 bits per heavy atom. The number of hydrogen-bond acceptors (Lipinski definition) is 14. The van der Waals surface area contributed by atoms with Crippen molar-refractivity contribution in [2.24, 2.45) is 0 Å². The molecule has 15 nitrogen and oxygen atoms in total. The molecule has 3 fully saturated rings. The number of nitrogens with one attached hydrogen (secondary N) is 1. The first-order chi connectivity index (χ1) is 36.8. The summed E-state index contributed by atoms with van der Waals surface area (Å²) >= 11 is 0. The number of fused-ring (bicyclic) bond motifs is 1. The molecule has 1 amide bonds. The number of halogens is 3. The first-order valence-corrected chi connectivity index (χ1v) is 25.1. The van der Waals surface area contributed by atoms with Crippen molar-refractivity contribution in [1.82, 2.24) is 5.32 Å². The molecule has 1 N–H and O–H groups in total. The Labute approximate surface area is 440 Å². The van der Waals surface area contributed by atoms with Gasteiger partial charge in [0.25, 0.3) is 5.79 Å². The number of benzene rings is 5. The highest BCUT2D eigenvalue weighted by atomic mass is 19.4. The fourth-order valence-electron chi connectivity index (χ4n) is 9.16. The molecular weight excluding hydrogens is 992 g/mol. The third-order valence-corrected chi connectivity index (χ3v) is 12.7. The highest BCUT2D eigenvalue weighted by molar-refractivity contribution is 5.78. The summed E-state index contributed by atoms with van der Waals surface area (Å²) in [5, 5.41) is 2.50. The standard InChI is InChI=1S/C58H64F3NO14/c1-4-30-66-53-48(62-55(64)71-39-58(59,60)61)52(69-35-43-26-16-8-17-27-43)49(68-34-42-24-14-7-15-25-42)47(73-53)38-72-57(54(63)70-36-44-28-18-9-19-29-44)31-45-50(75-56(2,3)74-45)51(76-57)46(67-33-41-22-12-6-13-23-41)37-65-32-40-20-10-5-11-21-40/h4-29,45-53H,1,30-39H2,2-3H3,(H,62,64)/t45-,46-,47-,48-,49-,50-,51-,52-,53+,57?/m1/s1. The predicted octanol–water partition coefficient (Wildman–Crippen LogP) is 9.31. The van der Waals surface area contributed by atoms with Crippen molar-refractivity contribution in [3.8, 4) is 0 Å². The molecule has 0 aliphatic carbocycles. The summed E-state index contributed by atoms with van der Waals surface area (Å²) in [5.74, 6) is -4.32. The minimum absolute atomic E-state index is 0.0156. The van der Waals surface area contributed by atoms with E-state index in [0.29, 0.717) is 5.56 Å². The highest BCUT2D eigenvalue weighted by Gasteiger charge is 2.62. The van der Waals surface area contributed by atoms with Crippen LogP contribution in [0.3, 0.4) is 0 Å². The van der Waals surface area contributed by atoms with Crippen LogP contribution in [0.4, 0.5) is 18.0 Å². The lowest BCUT2D eigenvalue weighted by Gasteiger charge is -2.48. The largest absolute Gasteiger partial charge is 0.457 e. The van der Waals surface area contributed by atoms with E-state index in [9.17, 15) is 18.0 Å². The van der Waals surface area contributed by atoms with E-state index in [0.717, 1.165) is 22.3 Å². The number of alkyl halides is 3. The van der Waals surface area contributed by atoms with E-state index >= 15 is 4.79 Å². The average Bonchev–Trinajstić information content (AvgIpc) is 3.84. The second kappa shape index (κ2) is 26.8. The number of hydrogen-bond donors (Lipinski definition) is 1. The molecule has 1 unspecified atom stereocenters. The lowest BCUT2D eigenvalue weighted by atomic mass is 9.92. The second-order valence-corrected chi connectivity index (χ2v) is 18.9. The minimum atomic E-state index is -4.82. The van der Waals surface area contributed by atoms with E-state index in [4.69, 9.17) is 52.1 Å². The maximum Gasteiger partial charge on any atom is 0.422 e. The van der Waals surface area contributed by atoms with E-state index in [2.05, 4.69) is 16.6 Å². The Morgan fingerprint density at radius 2 is 1.21 bits per heavy atom. The summed E-state index contributed by atoms with van der Waals surface area (Å²) in [6, 6.07) is 45.2. The van der Waals surface area contributed by atoms with Gasteiger partial charge in [-0.15, -0.1) is 6.58 Å². The van der Waals surface area contributed by atoms with Crippen LogP contribution in [-0.2, 0) is 94.7 Å². The Hall–Kier alpha value is -6.03. The fourth-order valence-corrected chi connectivity index (χ4v) is 9.16. The Morgan fingerprint density at radius 1 is 0.684 bits per heavy atom. The van der Waals surface area contributed by atoms with E-state index in [-0.39, 0.29) is 52.7 Å². The number of ether oxygens (including phenoxy) is 12. The number of carbonyl (C=O) groups excluding carboxylic acids is 2. The second-order valence-electron chi connectivity index (χ2n) is 18.9. The number of esters is 1. The van der Waals surface area contributed by atoms with Crippen molar-refractivity contribution in [3.63, 3.8) is 0 Å². The monoisotopic (exact) mass is 1060 g/mol. The quantitative estimate of drug-likeness (QED) is 0.0436. The molecule has 0 radical (unpaired) electrons. The van der Waals surface area contributed by atoms with Crippen LogP contribution < -0.4 is 5.32 Å². The van der Waals surface area contributed by atoms with Crippen LogP contribution in [-0.4, -0.2) is 111 Å². The van der Waals surface area contributed by atoms with Gasteiger partial charge in [-0.05, 0) is 41.7 Å². The molecule has 0 saturated carbocycles. The molecule has 3 aliphatic rings. The summed E-state index contributed by atoms with van der Waals surface area (Å²) in [6.45, 7) is 4.91. The lowest BCUT2D eigenvalue weighted by Crippen LogP contribution is -2.67. The van der Waals surface area contributed by atoms with Crippen molar-refractivity contribution < 1.29 is 79.6 Å². The van der Waals surface area contributed by atoms with Crippen LogP contribution in [0.2, 0.25) is 0 Å². The molecular formula is C58H64F3NO14. The molecule has 3 saturated heterocycles. The molecule has 18 heteroatoms. The van der Waals surface area contributed by atoms with Gasteiger partial charge in [0.05, 0.1) is 52.4 Å². The molecule has 3 aliphatic heterocycles. The molecule has 10 atom stereocenters. The summed E-state index contributed by atoms with van der Waals surface area (Å²) < 4.78 is 117. The van der Waals surface area contributed by atoms with E-state index in [1.54, 1.807) is 13.8 Å². The van der Waals surface area contributed by atoms with Crippen molar-refractivity contribution in [1.29, 1.82) is 0 Å². The Kier molecular flexibility index (Phi) is 19.8. The van der Waals surface area contributed by atoms with Gasteiger partial charge >= 0.3 is 18.2 Å². The zero-order valence-electron chi connectivity index (χ0n) is 42.3. The minimum Gasteiger partial charge on any atom is -0.457 e. The van der Waals surface area contributed by atoms with Crippen molar-refractivity contribution in [3.05, 3.63) is 192 Å². The number of amides is 1. The molecule has 8 rings (SSSR count). The average molecular weight is 1060 g/mol. The van der Waals surface area contributed by atoms with Crippen molar-refractivity contribution in [2.75, 3.05) is 26.4 Å². The highest BCUT2D eigenvalue weighted by Crippen LogP contribution is 2.44. The summed E-state index contributed by atoms with van der Waals surface area (Å²) in [4.78, 5) is 28.4. The van der Waals surface area contributed by atoms with Gasteiger partial charge in [-0.3, -0.25) is 0 Å². The number of rotatable bonds is 25. The molecule has 5 aromatic rings. The van der Waals surface area contributed by atoms with Crippen LogP contribution in [0.25, 0.3) is 0 Å². The molecule has 76 heavy (non-hydrogen) atoms. The topological polar surface area (TPSA) is 157 Å². The number of alkyl carbamates (subject to hydrolysis) is 1. The van der Waals surface area contributed by atoms with Crippen LogP contribution >= 0.6 is 0 Å². The van der Waals surface area contributed by atoms with E-state index in [1.807, 2.05) is 152 Å². The smallest absolute Gasteiger partial charge is 0.422 e. The molecule has 5 aromatic carbocycles. The van der Waals surface area contributed by atoms with Crippen LogP contribution in [0.5, 0.6) is 0 Å². The lowest BCUT2D eigenvalue weighted by molar-refractivity contribution is -0.338. The van der Waals surface area contributed by atoms with Crippen molar-refractivity contribution >= 4 is 12.1 Å². The maximum absolute atomic E-state index is 15.2. The molecule has 406 valence electrons. The van der Waals surface area contributed by atoms with Gasteiger partial charge < -0.3 is 62.2 Å². The van der Waals surface area contributed by atoms with Gasteiger partial charge in [-0.2, -0.15) is 13.2 Å². The van der Waals surface area contributed by atoms with Crippen molar-refractivity contribution in [2.45, 2.75) is 126 Å². The zero-order chi connectivity index (χ0) is 53.4. The van der Waals surface area contributed by atoms with E-state index < -0.39 is 98.1 Å². The number of carbonyl (C=O) groups is 2. The molecule has 0 bridgehead atoms.